The molecule has 8 nitrogen and oxygen atoms in total. The zero-order valence-electron chi connectivity index (χ0n) is 16.3. The van der Waals surface area contributed by atoms with Crippen molar-refractivity contribution in [2.45, 2.75) is 39.1 Å². The fourth-order valence-corrected chi connectivity index (χ4v) is 3.73. The van der Waals surface area contributed by atoms with E-state index in [1.807, 2.05) is 0 Å². The summed E-state index contributed by atoms with van der Waals surface area (Å²) < 4.78 is 4.87. The van der Waals surface area contributed by atoms with Gasteiger partial charge < -0.3 is 30.8 Å². The number of aliphatic hydroxyl groups is 3. The van der Waals surface area contributed by atoms with Crippen molar-refractivity contribution in [3.63, 3.8) is 0 Å². The van der Waals surface area contributed by atoms with Crippen molar-refractivity contribution in [1.29, 1.82) is 0 Å². The van der Waals surface area contributed by atoms with E-state index in [9.17, 15) is 24.9 Å². The third kappa shape index (κ3) is 3.84. The monoisotopic (exact) mass is 402 g/mol. The Hall–Kier alpha value is -2.52. The highest BCUT2D eigenvalue weighted by atomic mass is 16.5. The number of nitrogens with one attached hydrogen (secondary N) is 1. The van der Waals surface area contributed by atoms with Crippen LogP contribution in [0.25, 0.3) is 11.1 Å². The number of methoxy groups -OCH3 is 1. The number of esters is 1. The number of carbonyl (C=O) groups is 2. The number of Topliss-reactive ketones (excluding diaryl/α,β-unsaturated/α-hetero) is 1. The molecule has 0 amide bonds. The number of hydrogen-bond acceptors (Lipinski definition) is 7. The minimum atomic E-state index is -0.654. The highest BCUT2D eigenvalue weighted by Crippen LogP contribution is 2.41. The average Bonchev–Trinajstić information content (AvgIpc) is 3.53. The van der Waals surface area contributed by atoms with Crippen LogP contribution in [0.3, 0.4) is 0 Å². The van der Waals surface area contributed by atoms with Crippen LogP contribution in [0.1, 0.15) is 56.1 Å². The Morgan fingerprint density at radius 2 is 1.83 bits per heavy atom. The smallest absolute Gasteiger partial charge is 0.355 e. The number of carbonyl (C=O) groups excluding carboxylic acids is 2. The van der Waals surface area contributed by atoms with Crippen LogP contribution in [0, 0.1) is 5.92 Å². The lowest BCUT2D eigenvalue weighted by atomic mass is 9.88. The van der Waals surface area contributed by atoms with Crippen molar-refractivity contribution in [1.82, 2.24) is 4.98 Å². The minimum Gasteiger partial charge on any atom is -0.464 e. The normalized spacial score (nSPS) is 13.6. The predicted octanol–water partition coefficient (Wildman–Crippen LogP) is 1.04. The largest absolute Gasteiger partial charge is 0.464 e. The van der Waals surface area contributed by atoms with Crippen LogP contribution in [-0.2, 0) is 31.0 Å². The summed E-state index contributed by atoms with van der Waals surface area (Å²) in [7, 11) is 1.25. The van der Waals surface area contributed by atoms with Crippen LogP contribution in [0.5, 0.6) is 0 Å². The van der Waals surface area contributed by atoms with E-state index in [1.54, 1.807) is 12.1 Å². The molecule has 2 aromatic rings. The van der Waals surface area contributed by atoms with E-state index >= 15 is 0 Å². The zero-order chi connectivity index (χ0) is 21.1. The lowest BCUT2D eigenvalue weighted by molar-refractivity contribution is 0.0590. The number of H-pyrrole nitrogens is 1. The lowest BCUT2D eigenvalue weighted by Crippen LogP contribution is -2.12. The molecule has 0 unspecified atom stereocenters. The summed E-state index contributed by atoms with van der Waals surface area (Å²) in [6.07, 6.45) is 1.89. The lowest BCUT2D eigenvalue weighted by Gasteiger charge is -2.17. The van der Waals surface area contributed by atoms with Gasteiger partial charge in [0.05, 0.1) is 32.5 Å². The first-order chi connectivity index (χ1) is 14.0. The third-order valence-corrected chi connectivity index (χ3v) is 5.34. The summed E-state index contributed by atoms with van der Waals surface area (Å²) in [5.74, 6) is -0.954. The van der Waals surface area contributed by atoms with Gasteiger partial charge in [0.25, 0.3) is 0 Å². The first-order valence-electron chi connectivity index (χ1n) is 9.56. The molecule has 1 heterocycles. The highest BCUT2D eigenvalue weighted by molar-refractivity contribution is 6.12. The van der Waals surface area contributed by atoms with Crippen LogP contribution >= 0.6 is 0 Å². The molecule has 1 saturated carbocycles. The zero-order valence-corrected chi connectivity index (χ0v) is 16.3. The van der Waals surface area contributed by atoms with Crippen LogP contribution < -0.4 is 5.73 Å². The molecule has 0 aliphatic heterocycles. The molecule has 156 valence electrons. The summed E-state index contributed by atoms with van der Waals surface area (Å²) in [5, 5.41) is 29.4. The van der Waals surface area contributed by atoms with Crippen molar-refractivity contribution < 1.29 is 29.6 Å². The topological polar surface area (TPSA) is 146 Å². The number of aromatic nitrogens is 1. The molecule has 8 heteroatoms. The van der Waals surface area contributed by atoms with Crippen LogP contribution in [-0.4, -0.2) is 45.7 Å². The molecule has 6 N–H and O–H groups in total. The Morgan fingerprint density at radius 3 is 2.34 bits per heavy atom. The number of aliphatic hydroxyl groups excluding tert-OH is 3. The first-order valence-corrected chi connectivity index (χ1v) is 9.56. The summed E-state index contributed by atoms with van der Waals surface area (Å²) in [5.41, 5.74) is 8.95. The van der Waals surface area contributed by atoms with Gasteiger partial charge in [-0.25, -0.2) is 4.79 Å². The van der Waals surface area contributed by atoms with Crippen molar-refractivity contribution in [3.8, 4) is 11.1 Å². The van der Waals surface area contributed by atoms with Crippen LogP contribution in [0.15, 0.2) is 12.1 Å². The number of hydrogen-bond donors (Lipinski definition) is 5. The SMILES string of the molecule is COC(=O)c1[nH]c(CCN)c(-c2ccc(CO)c(CO)c2CO)c1C(=O)C1CC1. The number of benzene rings is 1. The van der Waals surface area contributed by atoms with Crippen LogP contribution in [0.2, 0.25) is 0 Å². The molecule has 29 heavy (non-hydrogen) atoms. The molecule has 1 aliphatic carbocycles. The van der Waals surface area contributed by atoms with E-state index < -0.39 is 12.6 Å². The second-order valence-electron chi connectivity index (χ2n) is 7.10. The fraction of sp³-hybridized carbons (Fsp3) is 0.429. The summed E-state index contributed by atoms with van der Waals surface area (Å²) in [4.78, 5) is 28.5. The second-order valence-corrected chi connectivity index (χ2v) is 7.10. The minimum absolute atomic E-state index is 0.0727. The van der Waals surface area contributed by atoms with Crippen molar-refractivity contribution in [3.05, 3.63) is 45.8 Å². The molecule has 0 spiro atoms. The van der Waals surface area contributed by atoms with Gasteiger partial charge in [-0.2, -0.15) is 0 Å². The highest BCUT2D eigenvalue weighted by Gasteiger charge is 2.37. The summed E-state index contributed by atoms with van der Waals surface area (Å²) >= 11 is 0. The van der Waals surface area contributed by atoms with Gasteiger partial charge in [-0.15, -0.1) is 0 Å². The van der Waals surface area contributed by atoms with Crippen molar-refractivity contribution in [2.24, 2.45) is 11.7 Å². The number of ether oxygens (including phenoxy) is 1. The summed E-state index contributed by atoms with van der Waals surface area (Å²) in [6, 6.07) is 3.33. The molecule has 1 aliphatic rings. The van der Waals surface area contributed by atoms with Gasteiger partial charge in [-0.1, -0.05) is 12.1 Å². The maximum absolute atomic E-state index is 13.1. The number of nitrogens with two attached hydrogens (primary N) is 1. The third-order valence-electron chi connectivity index (χ3n) is 5.34. The predicted molar refractivity (Wildman–Crippen MR) is 105 cm³/mol. The van der Waals surface area contributed by atoms with E-state index in [-0.39, 0.29) is 42.7 Å². The molecule has 1 fully saturated rings. The Balaban J connectivity index is 2.34. The molecule has 1 aromatic carbocycles. The molecule has 0 atom stereocenters. The van der Waals surface area contributed by atoms with Gasteiger partial charge in [0.15, 0.2) is 5.78 Å². The Morgan fingerprint density at radius 1 is 1.14 bits per heavy atom. The van der Waals surface area contributed by atoms with Gasteiger partial charge in [-0.3, -0.25) is 4.79 Å². The second kappa shape index (κ2) is 8.87. The van der Waals surface area contributed by atoms with Gasteiger partial charge in [0, 0.05) is 23.6 Å². The fourth-order valence-electron chi connectivity index (χ4n) is 3.73. The molecule has 0 bridgehead atoms. The van der Waals surface area contributed by atoms with Gasteiger partial charge >= 0.3 is 5.97 Å². The van der Waals surface area contributed by atoms with Gasteiger partial charge in [-0.05, 0) is 41.6 Å². The molecule has 1 aromatic heterocycles. The number of rotatable bonds is 9. The molecular formula is C21H26N2O6. The first kappa shape index (κ1) is 21.2. The van der Waals surface area contributed by atoms with E-state index in [0.29, 0.717) is 39.9 Å². The number of aromatic amines is 1. The quantitative estimate of drug-likeness (QED) is 0.311. The molecular weight excluding hydrogens is 376 g/mol. The molecule has 0 saturated heterocycles. The maximum Gasteiger partial charge on any atom is 0.355 e. The van der Waals surface area contributed by atoms with E-state index in [0.717, 1.165) is 12.8 Å². The van der Waals surface area contributed by atoms with Crippen molar-refractivity contribution in [2.75, 3.05) is 13.7 Å². The summed E-state index contributed by atoms with van der Waals surface area (Å²) in [6.45, 7) is -0.808. The van der Waals surface area contributed by atoms with Gasteiger partial charge in [0.1, 0.15) is 5.69 Å². The average molecular weight is 402 g/mol. The standard InChI is InChI=1S/C21H26N2O6/c1-29-21(28)19-18(20(27)11-2-3-11)17(16(23-19)6-7-22)13-5-4-12(8-24)14(9-25)15(13)10-26/h4-5,11,23-26H,2-3,6-10,22H2,1H3. The van der Waals surface area contributed by atoms with E-state index in [2.05, 4.69) is 4.98 Å². The van der Waals surface area contributed by atoms with Crippen LogP contribution in [0.4, 0.5) is 0 Å². The molecule has 3 rings (SSSR count). The molecule has 0 radical (unpaired) electrons. The Bertz CT molecular complexity index is 930. The number of ketones is 1. The van der Waals surface area contributed by atoms with Gasteiger partial charge in [0.2, 0.25) is 0 Å². The Labute approximate surface area is 168 Å². The van der Waals surface area contributed by atoms with E-state index in [4.69, 9.17) is 10.5 Å². The Kier molecular flexibility index (Phi) is 6.49. The maximum atomic E-state index is 13.1. The van der Waals surface area contributed by atoms with E-state index in [1.165, 1.54) is 7.11 Å². The van der Waals surface area contributed by atoms with Crippen molar-refractivity contribution >= 4 is 11.8 Å².